The van der Waals surface area contributed by atoms with Crippen molar-refractivity contribution in [2.24, 2.45) is 5.73 Å². The Kier molecular flexibility index (Phi) is 4.85. The lowest BCUT2D eigenvalue weighted by Gasteiger charge is -2.19. The van der Waals surface area contributed by atoms with Gasteiger partial charge in [-0.25, -0.2) is 0 Å². The van der Waals surface area contributed by atoms with Gasteiger partial charge in [0.2, 0.25) is 5.91 Å². The Hall–Kier alpha value is -2.12. The van der Waals surface area contributed by atoms with Gasteiger partial charge in [0.05, 0.1) is 5.56 Å². The molecule has 0 aliphatic heterocycles. The number of aliphatic hydroxyl groups is 2. The van der Waals surface area contributed by atoms with Gasteiger partial charge in [-0.05, 0) is 17.7 Å². The SMILES string of the molecule is CC(=O)NCC(O)C(O)c1ccc(O)c(C(N)=O)c1. The quantitative estimate of drug-likeness (QED) is 0.468. The lowest BCUT2D eigenvalue weighted by atomic mass is 10.0. The number of rotatable bonds is 5. The van der Waals surface area contributed by atoms with Crippen LogP contribution in [0.15, 0.2) is 18.2 Å². The van der Waals surface area contributed by atoms with E-state index in [1.807, 2.05) is 0 Å². The predicted octanol–water partition coefficient (Wildman–Crippen LogP) is -0.979. The summed E-state index contributed by atoms with van der Waals surface area (Å²) in [6.45, 7) is 1.15. The highest BCUT2D eigenvalue weighted by Gasteiger charge is 2.20. The lowest BCUT2D eigenvalue weighted by molar-refractivity contribution is -0.119. The molecule has 1 aromatic rings. The van der Waals surface area contributed by atoms with Crippen LogP contribution in [0.25, 0.3) is 0 Å². The van der Waals surface area contributed by atoms with Crippen LogP contribution in [-0.4, -0.2) is 39.8 Å². The zero-order valence-electron chi connectivity index (χ0n) is 10.3. The molecule has 0 fully saturated rings. The number of amides is 2. The van der Waals surface area contributed by atoms with E-state index in [0.29, 0.717) is 0 Å². The molecule has 0 bridgehead atoms. The van der Waals surface area contributed by atoms with Crippen LogP contribution in [0.5, 0.6) is 5.75 Å². The molecule has 7 nitrogen and oxygen atoms in total. The van der Waals surface area contributed by atoms with E-state index in [2.05, 4.69) is 5.32 Å². The van der Waals surface area contributed by atoms with E-state index in [4.69, 9.17) is 5.73 Å². The van der Waals surface area contributed by atoms with Crippen molar-refractivity contribution in [3.05, 3.63) is 29.3 Å². The number of primary amides is 1. The van der Waals surface area contributed by atoms with Crippen molar-refractivity contribution in [2.75, 3.05) is 6.54 Å². The fraction of sp³-hybridized carbons (Fsp3) is 0.333. The molecular weight excluding hydrogens is 252 g/mol. The number of carbonyl (C=O) groups is 2. The molecule has 1 rings (SSSR count). The maximum absolute atomic E-state index is 11.0. The first-order valence-corrected chi connectivity index (χ1v) is 5.56. The van der Waals surface area contributed by atoms with Crippen molar-refractivity contribution in [1.82, 2.24) is 5.32 Å². The Labute approximate surface area is 109 Å². The Morgan fingerprint density at radius 2 is 2.00 bits per heavy atom. The molecule has 0 spiro atoms. The van der Waals surface area contributed by atoms with Crippen molar-refractivity contribution >= 4 is 11.8 Å². The van der Waals surface area contributed by atoms with Crippen LogP contribution >= 0.6 is 0 Å². The Morgan fingerprint density at radius 1 is 1.37 bits per heavy atom. The summed E-state index contributed by atoms with van der Waals surface area (Å²) in [4.78, 5) is 21.7. The highest BCUT2D eigenvalue weighted by atomic mass is 16.3. The topological polar surface area (TPSA) is 133 Å². The number of phenols is 1. The van der Waals surface area contributed by atoms with Crippen LogP contribution in [0.1, 0.15) is 28.9 Å². The fourth-order valence-electron chi connectivity index (χ4n) is 1.52. The van der Waals surface area contributed by atoms with Crippen LogP contribution in [0, 0.1) is 0 Å². The molecule has 0 aromatic heterocycles. The maximum Gasteiger partial charge on any atom is 0.252 e. The molecule has 0 saturated heterocycles. The van der Waals surface area contributed by atoms with Gasteiger partial charge in [-0.3, -0.25) is 9.59 Å². The van der Waals surface area contributed by atoms with Crippen LogP contribution in [-0.2, 0) is 4.79 Å². The van der Waals surface area contributed by atoms with E-state index in [0.717, 1.165) is 0 Å². The smallest absolute Gasteiger partial charge is 0.252 e. The van der Waals surface area contributed by atoms with Crippen molar-refractivity contribution in [2.45, 2.75) is 19.1 Å². The molecule has 2 atom stereocenters. The number of hydrogen-bond acceptors (Lipinski definition) is 5. The summed E-state index contributed by atoms with van der Waals surface area (Å²) in [6, 6.07) is 3.74. The third-order valence-electron chi connectivity index (χ3n) is 2.55. The van der Waals surface area contributed by atoms with Gasteiger partial charge < -0.3 is 26.4 Å². The summed E-state index contributed by atoms with van der Waals surface area (Å²) in [6.07, 6.45) is -2.56. The van der Waals surface area contributed by atoms with E-state index >= 15 is 0 Å². The van der Waals surface area contributed by atoms with Crippen LogP contribution in [0.4, 0.5) is 0 Å². The minimum atomic E-state index is -1.31. The van der Waals surface area contributed by atoms with E-state index < -0.39 is 18.1 Å². The van der Waals surface area contributed by atoms with Crippen molar-refractivity contribution in [1.29, 1.82) is 0 Å². The molecule has 2 amide bonds. The first-order chi connectivity index (χ1) is 8.82. The minimum absolute atomic E-state index is 0.136. The van der Waals surface area contributed by atoms with Crippen molar-refractivity contribution in [3.8, 4) is 5.75 Å². The second-order valence-electron chi connectivity index (χ2n) is 4.09. The van der Waals surface area contributed by atoms with E-state index in [9.17, 15) is 24.9 Å². The molecule has 0 radical (unpaired) electrons. The molecule has 19 heavy (non-hydrogen) atoms. The molecular formula is C12H16N2O5. The van der Waals surface area contributed by atoms with Gasteiger partial charge in [-0.2, -0.15) is 0 Å². The minimum Gasteiger partial charge on any atom is -0.507 e. The average molecular weight is 268 g/mol. The second-order valence-corrected chi connectivity index (χ2v) is 4.09. The van der Waals surface area contributed by atoms with Gasteiger partial charge >= 0.3 is 0 Å². The molecule has 0 saturated carbocycles. The summed E-state index contributed by atoms with van der Waals surface area (Å²) in [5.41, 5.74) is 5.12. The zero-order valence-corrected chi connectivity index (χ0v) is 10.3. The Bertz CT molecular complexity index is 489. The number of aliphatic hydroxyl groups excluding tert-OH is 2. The maximum atomic E-state index is 11.0. The molecule has 7 heteroatoms. The standard InChI is InChI=1S/C12H16N2O5/c1-6(15)14-5-10(17)11(18)7-2-3-9(16)8(4-7)12(13)19/h2-4,10-11,16-18H,5H2,1H3,(H2,13,19)(H,14,15). The van der Waals surface area contributed by atoms with Gasteiger partial charge in [0.15, 0.2) is 0 Å². The van der Waals surface area contributed by atoms with Gasteiger partial charge in [0.25, 0.3) is 5.91 Å². The monoisotopic (exact) mass is 268 g/mol. The Balaban J connectivity index is 2.87. The predicted molar refractivity (Wildman–Crippen MR) is 66.3 cm³/mol. The number of carbonyl (C=O) groups excluding carboxylic acids is 2. The third kappa shape index (κ3) is 3.94. The molecule has 1 aromatic carbocycles. The molecule has 2 unspecified atom stereocenters. The van der Waals surface area contributed by atoms with E-state index in [1.165, 1.54) is 25.1 Å². The summed E-state index contributed by atoms with van der Waals surface area (Å²) in [7, 11) is 0. The molecule has 0 aliphatic carbocycles. The lowest BCUT2D eigenvalue weighted by Crippen LogP contribution is -2.34. The van der Waals surface area contributed by atoms with Crippen molar-refractivity contribution < 1.29 is 24.9 Å². The third-order valence-corrected chi connectivity index (χ3v) is 2.55. The fourth-order valence-corrected chi connectivity index (χ4v) is 1.52. The van der Waals surface area contributed by atoms with Gasteiger partial charge in [0.1, 0.15) is 18.0 Å². The van der Waals surface area contributed by atoms with Gasteiger partial charge in [-0.1, -0.05) is 6.07 Å². The highest BCUT2D eigenvalue weighted by Crippen LogP contribution is 2.23. The molecule has 0 aliphatic rings. The summed E-state index contributed by atoms with van der Waals surface area (Å²) in [5, 5.41) is 31.3. The number of nitrogens with two attached hydrogens (primary N) is 1. The summed E-state index contributed by atoms with van der Waals surface area (Å²) < 4.78 is 0. The number of aromatic hydroxyl groups is 1. The normalized spacial score (nSPS) is 13.6. The van der Waals surface area contributed by atoms with Crippen LogP contribution < -0.4 is 11.1 Å². The van der Waals surface area contributed by atoms with E-state index in [1.54, 1.807) is 0 Å². The first kappa shape index (κ1) is 14.9. The second kappa shape index (κ2) is 6.17. The van der Waals surface area contributed by atoms with Gasteiger partial charge in [-0.15, -0.1) is 0 Å². The molecule has 104 valence electrons. The van der Waals surface area contributed by atoms with Crippen LogP contribution in [0.2, 0.25) is 0 Å². The molecule has 0 heterocycles. The molecule has 6 N–H and O–H groups in total. The van der Waals surface area contributed by atoms with Crippen molar-refractivity contribution in [3.63, 3.8) is 0 Å². The average Bonchev–Trinajstić information content (AvgIpc) is 2.35. The number of hydrogen-bond donors (Lipinski definition) is 5. The van der Waals surface area contributed by atoms with Gasteiger partial charge in [0, 0.05) is 13.5 Å². The summed E-state index contributed by atoms with van der Waals surface area (Å²) in [5.74, 6) is -1.49. The van der Waals surface area contributed by atoms with E-state index in [-0.39, 0.29) is 29.3 Å². The largest absolute Gasteiger partial charge is 0.507 e. The highest BCUT2D eigenvalue weighted by molar-refractivity contribution is 5.95. The van der Waals surface area contributed by atoms with Crippen LogP contribution in [0.3, 0.4) is 0 Å². The number of nitrogens with one attached hydrogen (secondary N) is 1. The Morgan fingerprint density at radius 3 is 2.53 bits per heavy atom. The zero-order chi connectivity index (χ0) is 14.6. The first-order valence-electron chi connectivity index (χ1n) is 5.56. The summed E-state index contributed by atoms with van der Waals surface area (Å²) >= 11 is 0. The number of benzene rings is 1.